The Morgan fingerprint density at radius 1 is 1.27 bits per heavy atom. The Kier molecular flexibility index (Phi) is 6.44. The highest BCUT2D eigenvalue weighted by molar-refractivity contribution is 6.31. The van der Waals surface area contributed by atoms with E-state index in [9.17, 15) is 23.5 Å². The second kappa shape index (κ2) is 9.29. The molecule has 1 amide bonds. The number of β-amino-alcohol motifs (C(OH)–C–C–N with tert-alkyl or cyclic N) is 1. The fourth-order valence-corrected chi connectivity index (χ4v) is 3.78. The highest BCUT2D eigenvalue weighted by Crippen LogP contribution is 2.23. The molecule has 0 aliphatic carbocycles. The van der Waals surface area contributed by atoms with Crippen LogP contribution in [0.25, 0.3) is 5.69 Å². The Hall–Kier alpha value is -3.30. The van der Waals surface area contributed by atoms with Gasteiger partial charge >= 0.3 is 0 Å². The molecule has 0 spiro atoms. The van der Waals surface area contributed by atoms with Gasteiger partial charge in [-0.1, -0.05) is 17.7 Å². The van der Waals surface area contributed by atoms with E-state index in [-0.39, 0.29) is 35.5 Å². The smallest absolute Gasteiger partial charge is 0.280 e. The third-order valence-electron chi connectivity index (χ3n) is 5.43. The lowest BCUT2D eigenvalue weighted by atomic mass is 10.1. The number of aliphatic hydroxyl groups is 1. The standard InChI is InChI=1S/C23H20ClF2N3O4/c1-13-2-3-14(22(31)28-7-6-17(30)10-28)8-19(13)29-12-27-21(20(24)23(29)32)33-11-15-4-5-16(25)9-18(15)26/h2-5,8-9,12,17,30H,6-7,10-11H2,1H3/t17-/m0/s1. The van der Waals surface area contributed by atoms with Gasteiger partial charge in [0.15, 0.2) is 5.02 Å². The van der Waals surface area contributed by atoms with E-state index in [4.69, 9.17) is 16.3 Å². The van der Waals surface area contributed by atoms with Gasteiger partial charge in [0, 0.05) is 30.3 Å². The number of halogens is 3. The maximum Gasteiger partial charge on any atom is 0.280 e. The van der Waals surface area contributed by atoms with E-state index in [1.54, 1.807) is 30.0 Å². The molecule has 0 radical (unpaired) electrons. The molecule has 0 unspecified atom stereocenters. The Morgan fingerprint density at radius 2 is 2.06 bits per heavy atom. The van der Waals surface area contributed by atoms with Gasteiger partial charge in [-0.25, -0.2) is 13.8 Å². The van der Waals surface area contributed by atoms with Crippen molar-refractivity contribution in [2.45, 2.75) is 26.1 Å². The maximum atomic E-state index is 13.8. The summed E-state index contributed by atoms with van der Waals surface area (Å²) in [6.07, 6.45) is 1.19. The van der Waals surface area contributed by atoms with Crippen molar-refractivity contribution in [2.75, 3.05) is 13.1 Å². The van der Waals surface area contributed by atoms with E-state index < -0.39 is 23.3 Å². The molecule has 4 rings (SSSR count). The van der Waals surface area contributed by atoms with Gasteiger partial charge in [-0.15, -0.1) is 0 Å². The van der Waals surface area contributed by atoms with Crippen LogP contribution in [-0.4, -0.2) is 44.7 Å². The number of ether oxygens (including phenoxy) is 1. The number of amides is 1. The van der Waals surface area contributed by atoms with E-state index in [0.717, 1.165) is 12.1 Å². The molecule has 2 heterocycles. The number of aromatic nitrogens is 2. The van der Waals surface area contributed by atoms with Gasteiger partial charge in [0.2, 0.25) is 5.88 Å². The third-order valence-corrected chi connectivity index (χ3v) is 5.75. The van der Waals surface area contributed by atoms with Crippen LogP contribution in [0.2, 0.25) is 5.02 Å². The Labute approximate surface area is 192 Å². The van der Waals surface area contributed by atoms with Gasteiger partial charge in [0.05, 0.1) is 11.8 Å². The summed E-state index contributed by atoms with van der Waals surface area (Å²) >= 11 is 6.18. The first-order chi connectivity index (χ1) is 15.7. The van der Waals surface area contributed by atoms with Crippen LogP contribution in [0, 0.1) is 18.6 Å². The summed E-state index contributed by atoms with van der Waals surface area (Å²) in [4.78, 5) is 31.3. The fourth-order valence-electron chi connectivity index (χ4n) is 3.58. The molecular weight excluding hydrogens is 456 g/mol. The summed E-state index contributed by atoms with van der Waals surface area (Å²) in [5.74, 6) is -1.95. The molecule has 33 heavy (non-hydrogen) atoms. The van der Waals surface area contributed by atoms with E-state index in [0.29, 0.717) is 29.8 Å². The minimum absolute atomic E-state index is 0.0764. The van der Waals surface area contributed by atoms with Gasteiger partial charge in [-0.2, -0.15) is 0 Å². The predicted molar refractivity (Wildman–Crippen MR) is 117 cm³/mol. The second-order valence-corrected chi connectivity index (χ2v) is 8.14. The van der Waals surface area contributed by atoms with Crippen molar-refractivity contribution in [1.82, 2.24) is 14.5 Å². The Morgan fingerprint density at radius 3 is 2.76 bits per heavy atom. The first kappa shape index (κ1) is 22.9. The molecule has 1 aliphatic heterocycles. The second-order valence-electron chi connectivity index (χ2n) is 7.76. The highest BCUT2D eigenvalue weighted by atomic mass is 35.5. The summed E-state index contributed by atoms with van der Waals surface area (Å²) < 4.78 is 33.4. The van der Waals surface area contributed by atoms with Gasteiger partial charge in [0.25, 0.3) is 11.5 Å². The summed E-state index contributed by atoms with van der Waals surface area (Å²) in [5, 5.41) is 9.38. The van der Waals surface area contributed by atoms with Crippen LogP contribution >= 0.6 is 11.6 Å². The van der Waals surface area contributed by atoms with Crippen molar-refractivity contribution >= 4 is 17.5 Å². The molecule has 1 aromatic heterocycles. The summed E-state index contributed by atoms with van der Waals surface area (Å²) in [6.45, 7) is 2.19. The Bertz CT molecular complexity index is 1280. The first-order valence-electron chi connectivity index (χ1n) is 10.2. The van der Waals surface area contributed by atoms with Crippen LogP contribution in [0.5, 0.6) is 5.88 Å². The molecule has 1 N–H and O–H groups in total. The van der Waals surface area contributed by atoms with E-state index >= 15 is 0 Å². The van der Waals surface area contributed by atoms with Crippen LogP contribution in [-0.2, 0) is 6.61 Å². The number of hydrogen-bond acceptors (Lipinski definition) is 5. The van der Waals surface area contributed by atoms with E-state index in [2.05, 4.69) is 4.98 Å². The molecule has 1 fully saturated rings. The number of rotatable bonds is 5. The summed E-state index contributed by atoms with van der Waals surface area (Å²) in [6, 6.07) is 7.97. The van der Waals surface area contributed by atoms with Crippen molar-refractivity contribution < 1.29 is 23.4 Å². The summed E-state index contributed by atoms with van der Waals surface area (Å²) in [5.41, 5.74) is 0.920. The molecule has 7 nitrogen and oxygen atoms in total. The SMILES string of the molecule is Cc1ccc(C(=O)N2CC[C@H](O)C2)cc1-n1cnc(OCc2ccc(F)cc2F)c(Cl)c1=O. The third kappa shape index (κ3) is 4.74. The molecule has 1 atom stereocenters. The molecule has 172 valence electrons. The number of carbonyl (C=O) groups excluding carboxylic acids is 1. The van der Waals surface area contributed by atoms with Crippen molar-refractivity contribution in [3.05, 3.63) is 86.4 Å². The molecule has 2 aromatic carbocycles. The molecule has 0 bridgehead atoms. The molecule has 0 saturated carbocycles. The van der Waals surface area contributed by atoms with Gasteiger partial charge in [0.1, 0.15) is 24.6 Å². The lowest BCUT2D eigenvalue weighted by molar-refractivity contribution is 0.0765. The lowest BCUT2D eigenvalue weighted by Crippen LogP contribution is -2.30. The topological polar surface area (TPSA) is 84.7 Å². The van der Waals surface area contributed by atoms with Crippen molar-refractivity contribution in [2.24, 2.45) is 0 Å². The van der Waals surface area contributed by atoms with Crippen LogP contribution < -0.4 is 10.3 Å². The molecule has 1 saturated heterocycles. The van der Waals surface area contributed by atoms with Gasteiger partial charge in [-0.05, 0) is 43.2 Å². The zero-order chi connectivity index (χ0) is 23.7. The van der Waals surface area contributed by atoms with Gasteiger partial charge < -0.3 is 14.7 Å². The monoisotopic (exact) mass is 475 g/mol. The number of hydrogen-bond donors (Lipinski definition) is 1. The number of benzene rings is 2. The van der Waals surface area contributed by atoms with Crippen molar-refractivity contribution in [1.29, 1.82) is 0 Å². The zero-order valence-electron chi connectivity index (χ0n) is 17.6. The average Bonchev–Trinajstić information content (AvgIpc) is 3.22. The van der Waals surface area contributed by atoms with E-state index in [1.807, 2.05) is 0 Å². The highest BCUT2D eigenvalue weighted by Gasteiger charge is 2.26. The zero-order valence-corrected chi connectivity index (χ0v) is 18.4. The Balaban J connectivity index is 1.60. The van der Waals surface area contributed by atoms with Gasteiger partial charge in [-0.3, -0.25) is 14.2 Å². The van der Waals surface area contributed by atoms with Crippen LogP contribution in [0.1, 0.15) is 27.9 Å². The quantitative estimate of drug-likeness (QED) is 0.612. The molecule has 1 aliphatic rings. The van der Waals surface area contributed by atoms with Crippen molar-refractivity contribution in [3.63, 3.8) is 0 Å². The number of nitrogens with zero attached hydrogens (tertiary/aromatic N) is 3. The number of aryl methyl sites for hydroxylation is 1. The minimum atomic E-state index is -0.790. The van der Waals surface area contributed by atoms with Crippen molar-refractivity contribution in [3.8, 4) is 11.6 Å². The largest absolute Gasteiger partial charge is 0.471 e. The van der Waals surface area contributed by atoms with E-state index in [1.165, 1.54) is 17.0 Å². The van der Waals surface area contributed by atoms with Crippen LogP contribution in [0.4, 0.5) is 8.78 Å². The number of aliphatic hydroxyl groups excluding tert-OH is 1. The van der Waals surface area contributed by atoms with Crippen LogP contribution in [0.3, 0.4) is 0 Å². The summed E-state index contributed by atoms with van der Waals surface area (Å²) in [7, 11) is 0. The lowest BCUT2D eigenvalue weighted by Gasteiger charge is -2.17. The molecule has 10 heteroatoms. The predicted octanol–water partition coefficient (Wildman–Crippen LogP) is 3.26. The number of carbonyl (C=O) groups is 1. The number of likely N-dealkylation sites (tertiary alicyclic amines) is 1. The minimum Gasteiger partial charge on any atom is -0.471 e. The van der Waals surface area contributed by atoms with Crippen LogP contribution in [0.15, 0.2) is 47.5 Å². The molecule has 3 aromatic rings. The average molecular weight is 476 g/mol. The fraction of sp³-hybridized carbons (Fsp3) is 0.261. The first-order valence-corrected chi connectivity index (χ1v) is 10.5. The normalized spacial score (nSPS) is 15.7. The maximum absolute atomic E-state index is 13.8. The molecular formula is C23H20ClF2N3O4.